The van der Waals surface area contributed by atoms with Crippen LogP contribution in [0.4, 0.5) is 11.4 Å². The summed E-state index contributed by atoms with van der Waals surface area (Å²) in [5, 5.41) is 2.60. The molecule has 34 heavy (non-hydrogen) atoms. The third kappa shape index (κ3) is 6.66. The van der Waals surface area contributed by atoms with E-state index in [2.05, 4.69) is 12.2 Å². The molecule has 0 radical (unpaired) electrons. The molecule has 180 valence electrons. The summed E-state index contributed by atoms with van der Waals surface area (Å²) in [7, 11) is 0. The number of carbonyl (C=O) groups is 4. The predicted octanol–water partition coefficient (Wildman–Crippen LogP) is 3.74. The Hall–Kier alpha value is -3.68. The Labute approximate surface area is 199 Å². The van der Waals surface area contributed by atoms with Gasteiger partial charge in [0.15, 0.2) is 6.61 Å². The second-order valence-corrected chi connectivity index (χ2v) is 8.13. The normalized spacial score (nSPS) is 15.2. The highest BCUT2D eigenvalue weighted by atomic mass is 16.5. The third-order valence-electron chi connectivity index (χ3n) is 5.55. The minimum absolute atomic E-state index is 0.0490. The molecular formula is C26H30N2O6. The zero-order valence-electron chi connectivity index (χ0n) is 19.5. The fourth-order valence-electron chi connectivity index (χ4n) is 3.69. The first-order valence-electron chi connectivity index (χ1n) is 11.5. The summed E-state index contributed by atoms with van der Waals surface area (Å²) in [6.07, 6.45) is 3.28. The molecule has 1 heterocycles. The van der Waals surface area contributed by atoms with Crippen molar-refractivity contribution in [1.82, 2.24) is 0 Å². The van der Waals surface area contributed by atoms with Gasteiger partial charge in [0.05, 0.1) is 18.1 Å². The minimum Gasteiger partial charge on any atom is -0.462 e. The molecule has 0 aromatic heterocycles. The molecule has 1 saturated heterocycles. The van der Waals surface area contributed by atoms with Crippen LogP contribution < -0.4 is 10.2 Å². The zero-order valence-corrected chi connectivity index (χ0v) is 19.5. The fraction of sp³-hybridized carbons (Fsp3) is 0.385. The summed E-state index contributed by atoms with van der Waals surface area (Å²) >= 11 is 0. The van der Waals surface area contributed by atoms with E-state index in [9.17, 15) is 19.2 Å². The molecule has 8 nitrogen and oxygen atoms in total. The molecule has 1 fully saturated rings. The molecule has 2 amide bonds. The Balaban J connectivity index is 1.47. The number of benzene rings is 2. The van der Waals surface area contributed by atoms with Gasteiger partial charge in [-0.15, -0.1) is 0 Å². The second kappa shape index (κ2) is 12.0. The van der Waals surface area contributed by atoms with Gasteiger partial charge in [-0.1, -0.05) is 25.5 Å². The Morgan fingerprint density at radius 2 is 1.71 bits per heavy atom. The standard InChI is InChI=1S/C26H30N2O6/c1-3-5-6-18-7-13-22(14-8-18)28-16-20(15-24(28)30)26(32)34-17-23(29)27-21-11-9-19(10-12-21)25(31)33-4-2/h7-14,20H,3-6,15-17H2,1-2H3,(H,27,29)/t20-/m0/s1. The molecule has 0 saturated carbocycles. The molecule has 2 aromatic carbocycles. The lowest BCUT2D eigenvalue weighted by Gasteiger charge is -2.17. The van der Waals surface area contributed by atoms with E-state index in [1.807, 2.05) is 24.3 Å². The number of hydrogen-bond acceptors (Lipinski definition) is 6. The van der Waals surface area contributed by atoms with Crippen molar-refractivity contribution in [3.8, 4) is 0 Å². The lowest BCUT2D eigenvalue weighted by molar-refractivity contribution is -0.151. The summed E-state index contributed by atoms with van der Waals surface area (Å²) < 4.78 is 10.1. The lowest BCUT2D eigenvalue weighted by atomic mass is 10.1. The van der Waals surface area contributed by atoms with Crippen LogP contribution >= 0.6 is 0 Å². The van der Waals surface area contributed by atoms with Gasteiger partial charge in [-0.25, -0.2) is 4.79 Å². The van der Waals surface area contributed by atoms with Crippen LogP contribution in [0.5, 0.6) is 0 Å². The van der Waals surface area contributed by atoms with E-state index in [-0.39, 0.29) is 25.5 Å². The average molecular weight is 467 g/mol. The molecule has 1 aliphatic heterocycles. The summed E-state index contributed by atoms with van der Waals surface area (Å²) in [6, 6.07) is 14.0. The summed E-state index contributed by atoms with van der Waals surface area (Å²) in [5.41, 5.74) is 2.80. The van der Waals surface area contributed by atoms with Gasteiger partial charge >= 0.3 is 11.9 Å². The molecule has 1 N–H and O–H groups in total. The van der Waals surface area contributed by atoms with Crippen LogP contribution in [0.25, 0.3) is 0 Å². The molecule has 0 unspecified atom stereocenters. The largest absolute Gasteiger partial charge is 0.462 e. The first-order chi connectivity index (χ1) is 16.4. The van der Waals surface area contributed by atoms with Crippen molar-refractivity contribution in [3.63, 3.8) is 0 Å². The van der Waals surface area contributed by atoms with E-state index in [1.54, 1.807) is 24.0 Å². The van der Waals surface area contributed by atoms with Crippen LogP contribution in [-0.2, 0) is 30.3 Å². The number of nitrogens with zero attached hydrogens (tertiary/aromatic N) is 1. The van der Waals surface area contributed by atoms with Crippen molar-refractivity contribution in [2.45, 2.75) is 39.5 Å². The number of carbonyl (C=O) groups excluding carboxylic acids is 4. The molecular weight excluding hydrogens is 436 g/mol. The topological polar surface area (TPSA) is 102 Å². The number of esters is 2. The van der Waals surface area contributed by atoms with Gasteiger partial charge in [-0.3, -0.25) is 14.4 Å². The molecule has 8 heteroatoms. The molecule has 1 aliphatic rings. The SMILES string of the molecule is CCCCc1ccc(N2C[C@@H](C(=O)OCC(=O)Nc3ccc(C(=O)OCC)cc3)CC2=O)cc1. The molecule has 0 spiro atoms. The number of anilines is 2. The number of nitrogens with one attached hydrogen (secondary N) is 1. The van der Waals surface area contributed by atoms with Gasteiger partial charge in [-0.2, -0.15) is 0 Å². The molecule has 3 rings (SSSR count). The smallest absolute Gasteiger partial charge is 0.338 e. The van der Waals surface area contributed by atoms with E-state index < -0.39 is 30.4 Å². The van der Waals surface area contributed by atoms with Crippen LogP contribution in [0.1, 0.15) is 49.0 Å². The Kier molecular flexibility index (Phi) is 8.79. The lowest BCUT2D eigenvalue weighted by Crippen LogP contribution is -2.28. The van der Waals surface area contributed by atoms with Gasteiger partial charge in [-0.05, 0) is 61.7 Å². The van der Waals surface area contributed by atoms with Crippen molar-refractivity contribution in [1.29, 1.82) is 0 Å². The van der Waals surface area contributed by atoms with Crippen molar-refractivity contribution in [2.24, 2.45) is 5.92 Å². The van der Waals surface area contributed by atoms with E-state index in [1.165, 1.54) is 17.7 Å². The van der Waals surface area contributed by atoms with Crippen molar-refractivity contribution in [3.05, 3.63) is 59.7 Å². The molecule has 0 bridgehead atoms. The fourth-order valence-corrected chi connectivity index (χ4v) is 3.69. The van der Waals surface area contributed by atoms with Crippen molar-refractivity contribution in [2.75, 3.05) is 30.0 Å². The highest BCUT2D eigenvalue weighted by Crippen LogP contribution is 2.26. The summed E-state index contributed by atoms with van der Waals surface area (Å²) in [6.45, 7) is 3.90. The highest BCUT2D eigenvalue weighted by Gasteiger charge is 2.36. The van der Waals surface area contributed by atoms with Gasteiger partial charge in [0.25, 0.3) is 5.91 Å². The zero-order chi connectivity index (χ0) is 24.5. The first kappa shape index (κ1) is 25.0. The number of hydrogen-bond donors (Lipinski definition) is 1. The molecule has 2 aromatic rings. The van der Waals surface area contributed by atoms with E-state index in [0.717, 1.165) is 24.9 Å². The van der Waals surface area contributed by atoms with Gasteiger partial charge in [0.1, 0.15) is 0 Å². The van der Waals surface area contributed by atoms with Crippen LogP contribution in [-0.4, -0.2) is 43.5 Å². The van der Waals surface area contributed by atoms with E-state index in [4.69, 9.17) is 9.47 Å². The van der Waals surface area contributed by atoms with Crippen molar-refractivity contribution < 1.29 is 28.7 Å². The van der Waals surface area contributed by atoms with Crippen LogP contribution in [0.15, 0.2) is 48.5 Å². The Morgan fingerprint density at radius 3 is 2.35 bits per heavy atom. The minimum atomic E-state index is -0.621. The van der Waals surface area contributed by atoms with Crippen LogP contribution in [0.3, 0.4) is 0 Å². The van der Waals surface area contributed by atoms with E-state index in [0.29, 0.717) is 11.3 Å². The van der Waals surface area contributed by atoms with Crippen LogP contribution in [0, 0.1) is 5.92 Å². The van der Waals surface area contributed by atoms with Gasteiger partial charge in [0.2, 0.25) is 5.91 Å². The molecule has 1 atom stereocenters. The van der Waals surface area contributed by atoms with Crippen molar-refractivity contribution >= 4 is 35.1 Å². The van der Waals surface area contributed by atoms with Gasteiger partial charge < -0.3 is 19.7 Å². The number of ether oxygens (including phenoxy) is 2. The Bertz CT molecular complexity index is 1020. The maximum Gasteiger partial charge on any atom is 0.338 e. The number of rotatable bonds is 10. The third-order valence-corrected chi connectivity index (χ3v) is 5.55. The maximum atomic E-state index is 12.4. The Morgan fingerprint density at radius 1 is 1.00 bits per heavy atom. The van der Waals surface area contributed by atoms with Gasteiger partial charge in [0, 0.05) is 24.3 Å². The average Bonchev–Trinajstić information content (AvgIpc) is 3.23. The number of amides is 2. The monoisotopic (exact) mass is 466 g/mol. The summed E-state index contributed by atoms with van der Waals surface area (Å²) in [5.74, 6) is -2.30. The predicted molar refractivity (Wildman–Crippen MR) is 128 cm³/mol. The maximum absolute atomic E-state index is 12.4. The quantitative estimate of drug-likeness (QED) is 0.535. The number of aryl methyl sites for hydroxylation is 1. The first-order valence-corrected chi connectivity index (χ1v) is 11.5. The van der Waals surface area contributed by atoms with E-state index >= 15 is 0 Å². The molecule has 0 aliphatic carbocycles. The van der Waals surface area contributed by atoms with Crippen LogP contribution in [0.2, 0.25) is 0 Å². The number of unbranched alkanes of at least 4 members (excludes halogenated alkanes) is 1. The highest BCUT2D eigenvalue weighted by molar-refractivity contribution is 6.00. The summed E-state index contributed by atoms with van der Waals surface area (Å²) in [4.78, 5) is 50.3. The second-order valence-electron chi connectivity index (χ2n) is 8.13.